The number of nitrogens with zero attached hydrogens (tertiary/aromatic N) is 1. The molecule has 0 aliphatic carbocycles. The maximum absolute atomic E-state index is 5.38. The van der Waals surface area contributed by atoms with Gasteiger partial charge < -0.3 is 10.2 Å². The Labute approximate surface area is 111 Å². The maximum atomic E-state index is 5.38. The average molecular weight is 299 g/mol. The van der Waals surface area contributed by atoms with Crippen molar-refractivity contribution in [2.24, 2.45) is 5.16 Å². The van der Waals surface area contributed by atoms with Gasteiger partial charge in [0.15, 0.2) is 0 Å². The van der Waals surface area contributed by atoms with Gasteiger partial charge in [0.25, 0.3) is 0 Å². The van der Waals surface area contributed by atoms with Crippen LogP contribution in [0.15, 0.2) is 27.8 Å². The third kappa shape index (κ3) is 4.38. The molecule has 0 radical (unpaired) electrons. The lowest BCUT2D eigenvalue weighted by atomic mass is 10.2. The molecule has 0 fully saturated rings. The van der Waals surface area contributed by atoms with E-state index in [9.17, 15) is 0 Å². The number of hydrogen-bond acceptors (Lipinski definition) is 3. The summed E-state index contributed by atoms with van der Waals surface area (Å²) < 4.78 is 1.03. The summed E-state index contributed by atoms with van der Waals surface area (Å²) >= 11 is 3.52. The fourth-order valence-corrected chi connectivity index (χ4v) is 2.03. The first-order chi connectivity index (χ1) is 8.19. The molecule has 1 rings (SSSR count). The summed E-state index contributed by atoms with van der Waals surface area (Å²) in [6.07, 6.45) is 2.07. The van der Waals surface area contributed by atoms with E-state index in [2.05, 4.69) is 33.3 Å². The van der Waals surface area contributed by atoms with Gasteiger partial charge in [-0.1, -0.05) is 40.5 Å². The molecule has 1 aromatic carbocycles. The first-order valence-electron chi connectivity index (χ1n) is 5.79. The SMILES string of the molecule is CCCC(C)=NOCc1c(Br)cccc1NC. The molecule has 0 atom stereocenters. The highest BCUT2D eigenvalue weighted by Crippen LogP contribution is 2.25. The summed E-state index contributed by atoms with van der Waals surface area (Å²) in [6, 6.07) is 6.01. The summed E-state index contributed by atoms with van der Waals surface area (Å²) in [4.78, 5) is 5.38. The van der Waals surface area contributed by atoms with Gasteiger partial charge in [-0.15, -0.1) is 0 Å². The zero-order valence-electron chi connectivity index (χ0n) is 10.6. The zero-order valence-corrected chi connectivity index (χ0v) is 12.2. The number of nitrogens with one attached hydrogen (secondary N) is 1. The van der Waals surface area contributed by atoms with Crippen molar-refractivity contribution in [1.82, 2.24) is 0 Å². The Kier molecular flexibility index (Phi) is 6.05. The lowest BCUT2D eigenvalue weighted by Gasteiger charge is -2.10. The molecular weight excluding hydrogens is 280 g/mol. The summed E-state index contributed by atoms with van der Waals surface area (Å²) in [7, 11) is 1.90. The Hall–Kier alpha value is -1.03. The Morgan fingerprint density at radius 3 is 2.88 bits per heavy atom. The third-order valence-electron chi connectivity index (χ3n) is 2.43. The van der Waals surface area contributed by atoms with Crippen LogP contribution in [0.5, 0.6) is 0 Å². The van der Waals surface area contributed by atoms with Crippen molar-refractivity contribution in [3.05, 3.63) is 28.2 Å². The van der Waals surface area contributed by atoms with Crippen LogP contribution < -0.4 is 5.32 Å². The number of hydrogen-bond donors (Lipinski definition) is 1. The first kappa shape index (κ1) is 14.0. The van der Waals surface area contributed by atoms with Crippen LogP contribution in [0.25, 0.3) is 0 Å². The first-order valence-corrected chi connectivity index (χ1v) is 6.59. The van der Waals surface area contributed by atoms with E-state index in [1.54, 1.807) is 0 Å². The quantitative estimate of drug-likeness (QED) is 0.631. The molecule has 17 heavy (non-hydrogen) atoms. The summed E-state index contributed by atoms with van der Waals surface area (Å²) in [5, 5.41) is 7.23. The number of benzene rings is 1. The highest BCUT2D eigenvalue weighted by molar-refractivity contribution is 9.10. The predicted octanol–water partition coefficient (Wildman–Crippen LogP) is 4.18. The number of rotatable bonds is 6. The Morgan fingerprint density at radius 1 is 1.47 bits per heavy atom. The van der Waals surface area contributed by atoms with Crippen molar-refractivity contribution in [3.8, 4) is 0 Å². The van der Waals surface area contributed by atoms with Crippen molar-refractivity contribution in [2.75, 3.05) is 12.4 Å². The molecule has 1 N–H and O–H groups in total. The molecule has 0 aliphatic heterocycles. The molecule has 94 valence electrons. The van der Waals surface area contributed by atoms with E-state index in [0.717, 1.165) is 34.3 Å². The average Bonchev–Trinajstić information content (AvgIpc) is 2.31. The molecule has 0 saturated carbocycles. The molecule has 0 bridgehead atoms. The van der Waals surface area contributed by atoms with Crippen LogP contribution >= 0.6 is 15.9 Å². The van der Waals surface area contributed by atoms with Crippen molar-refractivity contribution in [2.45, 2.75) is 33.3 Å². The molecule has 0 spiro atoms. The van der Waals surface area contributed by atoms with Gasteiger partial charge in [-0.3, -0.25) is 0 Å². The second-order valence-corrected chi connectivity index (χ2v) is 4.72. The lowest BCUT2D eigenvalue weighted by Crippen LogP contribution is -1.99. The fourth-order valence-electron chi connectivity index (χ4n) is 1.55. The normalized spacial score (nSPS) is 11.4. The Morgan fingerprint density at radius 2 is 2.24 bits per heavy atom. The molecule has 4 heteroatoms. The van der Waals surface area contributed by atoms with Crippen LogP contribution in [-0.2, 0) is 11.4 Å². The third-order valence-corrected chi connectivity index (χ3v) is 3.17. The molecule has 0 saturated heterocycles. The van der Waals surface area contributed by atoms with Gasteiger partial charge in [0.1, 0.15) is 6.61 Å². The summed E-state index contributed by atoms with van der Waals surface area (Å²) in [6.45, 7) is 4.59. The molecule has 0 amide bonds. The Bertz CT molecular complexity index is 391. The van der Waals surface area contributed by atoms with Gasteiger partial charge in [-0.2, -0.15) is 0 Å². The lowest BCUT2D eigenvalue weighted by molar-refractivity contribution is 0.129. The van der Waals surface area contributed by atoms with E-state index in [1.807, 2.05) is 32.2 Å². The standard InChI is InChI=1S/C13H19BrN2O/c1-4-6-10(2)16-17-9-11-12(14)7-5-8-13(11)15-3/h5,7-8,15H,4,6,9H2,1-3H3. The van der Waals surface area contributed by atoms with Crippen molar-refractivity contribution in [3.63, 3.8) is 0 Å². The van der Waals surface area contributed by atoms with E-state index in [0.29, 0.717) is 6.61 Å². The van der Waals surface area contributed by atoms with Crippen molar-refractivity contribution in [1.29, 1.82) is 0 Å². The van der Waals surface area contributed by atoms with Crippen LogP contribution in [-0.4, -0.2) is 12.8 Å². The van der Waals surface area contributed by atoms with Gasteiger partial charge in [0.05, 0.1) is 5.71 Å². The van der Waals surface area contributed by atoms with Crippen LogP contribution in [0.1, 0.15) is 32.3 Å². The largest absolute Gasteiger partial charge is 0.391 e. The van der Waals surface area contributed by atoms with Gasteiger partial charge in [0, 0.05) is 22.8 Å². The van der Waals surface area contributed by atoms with Crippen molar-refractivity contribution >= 4 is 27.3 Å². The van der Waals surface area contributed by atoms with Gasteiger partial charge in [0.2, 0.25) is 0 Å². The van der Waals surface area contributed by atoms with Gasteiger partial charge in [-0.05, 0) is 25.5 Å². The summed E-state index contributed by atoms with van der Waals surface area (Å²) in [5.41, 5.74) is 3.18. The highest BCUT2D eigenvalue weighted by Gasteiger charge is 2.05. The Balaban J connectivity index is 2.66. The maximum Gasteiger partial charge on any atom is 0.145 e. The number of halogens is 1. The van der Waals surface area contributed by atoms with E-state index < -0.39 is 0 Å². The van der Waals surface area contributed by atoms with Crippen LogP contribution in [0.2, 0.25) is 0 Å². The van der Waals surface area contributed by atoms with Crippen molar-refractivity contribution < 1.29 is 4.84 Å². The monoisotopic (exact) mass is 298 g/mol. The van der Waals surface area contributed by atoms with E-state index in [1.165, 1.54) is 0 Å². The van der Waals surface area contributed by atoms with Crippen LogP contribution in [0, 0.1) is 0 Å². The van der Waals surface area contributed by atoms with Crippen LogP contribution in [0.3, 0.4) is 0 Å². The second kappa shape index (κ2) is 7.33. The minimum atomic E-state index is 0.471. The molecule has 0 aromatic heterocycles. The second-order valence-electron chi connectivity index (χ2n) is 3.87. The molecule has 3 nitrogen and oxygen atoms in total. The molecule has 0 unspecified atom stereocenters. The topological polar surface area (TPSA) is 33.6 Å². The molecule has 0 aliphatic rings. The van der Waals surface area contributed by atoms with E-state index >= 15 is 0 Å². The van der Waals surface area contributed by atoms with E-state index in [4.69, 9.17) is 4.84 Å². The fraction of sp³-hybridized carbons (Fsp3) is 0.462. The summed E-state index contributed by atoms with van der Waals surface area (Å²) in [5.74, 6) is 0. The van der Waals surface area contributed by atoms with Gasteiger partial charge >= 0.3 is 0 Å². The smallest absolute Gasteiger partial charge is 0.145 e. The molecular formula is C13H19BrN2O. The van der Waals surface area contributed by atoms with Gasteiger partial charge in [-0.25, -0.2) is 0 Å². The highest BCUT2D eigenvalue weighted by atomic mass is 79.9. The molecule has 0 heterocycles. The zero-order chi connectivity index (χ0) is 12.7. The number of anilines is 1. The minimum absolute atomic E-state index is 0.471. The van der Waals surface area contributed by atoms with E-state index in [-0.39, 0.29) is 0 Å². The number of oxime groups is 1. The minimum Gasteiger partial charge on any atom is -0.391 e. The van der Waals surface area contributed by atoms with Crippen LogP contribution in [0.4, 0.5) is 5.69 Å². The molecule has 1 aromatic rings. The predicted molar refractivity (Wildman–Crippen MR) is 76.5 cm³/mol.